The van der Waals surface area contributed by atoms with E-state index < -0.39 is 0 Å². The van der Waals surface area contributed by atoms with Crippen molar-refractivity contribution in [3.05, 3.63) is 34.9 Å². The van der Waals surface area contributed by atoms with E-state index in [1.54, 1.807) is 12.1 Å². The van der Waals surface area contributed by atoms with E-state index in [0.29, 0.717) is 10.4 Å². The van der Waals surface area contributed by atoms with Gasteiger partial charge in [0.2, 0.25) is 0 Å². The van der Waals surface area contributed by atoms with E-state index in [9.17, 15) is 4.79 Å². The van der Waals surface area contributed by atoms with Crippen LogP contribution in [0.25, 0.3) is 0 Å². The lowest BCUT2D eigenvalue weighted by Gasteiger charge is -2.40. The summed E-state index contributed by atoms with van der Waals surface area (Å²) in [5.41, 5.74) is 1.13. The molecule has 1 aromatic carbocycles. The van der Waals surface area contributed by atoms with Crippen molar-refractivity contribution in [3.8, 4) is 0 Å². The summed E-state index contributed by atoms with van der Waals surface area (Å²) in [4.78, 5) is 14.9. The number of benzene rings is 1. The number of hydrogen-bond donors (Lipinski definition) is 0. The molecule has 0 N–H and O–H groups in total. The molecule has 116 valence electrons. The lowest BCUT2D eigenvalue weighted by Crippen LogP contribution is -2.45. The van der Waals surface area contributed by atoms with Crippen LogP contribution in [0.1, 0.15) is 50.9 Å². The molecule has 1 aliphatic heterocycles. The number of hydrogen-bond acceptors (Lipinski definition) is 2. The first kappa shape index (κ1) is 16.5. The van der Waals surface area contributed by atoms with Crippen molar-refractivity contribution in [1.82, 2.24) is 4.90 Å². The zero-order valence-corrected chi connectivity index (χ0v) is 14.3. The summed E-state index contributed by atoms with van der Waals surface area (Å²) in [7, 11) is 0. The van der Waals surface area contributed by atoms with Crippen LogP contribution in [0, 0.1) is 11.3 Å². The summed E-state index contributed by atoms with van der Waals surface area (Å²) < 4.78 is 0. The second kappa shape index (κ2) is 6.50. The molecule has 0 aromatic heterocycles. The average Bonchev–Trinajstić information content (AvgIpc) is 2.46. The maximum Gasteiger partial charge on any atom is 0.179 e. The number of nitrogens with zero attached hydrogens (tertiary/aromatic N) is 1. The number of Topliss-reactive ketones (excluding diaryl/α,β-unsaturated/α-hetero) is 1. The van der Waals surface area contributed by atoms with E-state index in [4.69, 9.17) is 11.6 Å². The number of carbonyl (C=O) groups excluding carboxylic acids is 1. The Morgan fingerprint density at radius 3 is 2.19 bits per heavy atom. The number of halogens is 1. The molecule has 3 heteroatoms. The Balaban J connectivity index is 1.97. The minimum atomic E-state index is -0.0490. The lowest BCUT2D eigenvalue weighted by molar-refractivity contribution is 0.0660. The second-order valence-electron chi connectivity index (χ2n) is 7.22. The van der Waals surface area contributed by atoms with Gasteiger partial charge in [-0.25, -0.2) is 0 Å². The third-order valence-electron chi connectivity index (χ3n) is 4.81. The van der Waals surface area contributed by atoms with Gasteiger partial charge in [0, 0.05) is 10.6 Å². The maximum absolute atomic E-state index is 12.5. The van der Waals surface area contributed by atoms with Crippen molar-refractivity contribution in [3.63, 3.8) is 0 Å². The normalized spacial score (nSPS) is 19.5. The lowest BCUT2D eigenvalue weighted by atomic mass is 9.75. The van der Waals surface area contributed by atoms with E-state index in [1.807, 2.05) is 19.1 Å². The van der Waals surface area contributed by atoms with Crippen LogP contribution >= 0.6 is 11.6 Å². The zero-order valence-electron chi connectivity index (χ0n) is 13.5. The van der Waals surface area contributed by atoms with E-state index >= 15 is 0 Å². The van der Waals surface area contributed by atoms with Crippen LogP contribution < -0.4 is 0 Å². The van der Waals surface area contributed by atoms with Crippen LogP contribution in [0.15, 0.2) is 24.3 Å². The van der Waals surface area contributed by atoms with E-state index in [2.05, 4.69) is 25.7 Å². The van der Waals surface area contributed by atoms with Gasteiger partial charge < -0.3 is 0 Å². The van der Waals surface area contributed by atoms with Crippen molar-refractivity contribution in [1.29, 1.82) is 0 Å². The third-order valence-corrected chi connectivity index (χ3v) is 5.06. The molecule has 1 fully saturated rings. The molecule has 0 saturated carbocycles. The topological polar surface area (TPSA) is 20.3 Å². The highest BCUT2D eigenvalue weighted by molar-refractivity contribution is 6.30. The minimum absolute atomic E-state index is 0.0490. The molecule has 2 nitrogen and oxygen atoms in total. The molecular weight excluding hydrogens is 282 g/mol. The maximum atomic E-state index is 12.5. The molecule has 1 aliphatic rings. The number of piperidine rings is 1. The molecule has 1 aromatic rings. The predicted molar refractivity (Wildman–Crippen MR) is 89.0 cm³/mol. The molecule has 1 heterocycles. The fourth-order valence-corrected chi connectivity index (χ4v) is 3.30. The monoisotopic (exact) mass is 307 g/mol. The summed E-state index contributed by atoms with van der Waals surface area (Å²) in [5.74, 6) is 0.951. The quantitative estimate of drug-likeness (QED) is 0.756. The fraction of sp³-hybridized carbons (Fsp3) is 0.611. The molecule has 1 unspecified atom stereocenters. The minimum Gasteiger partial charge on any atom is -0.293 e. The standard InChI is InChI=1S/C18H26ClNO/c1-13(17(21)14-5-7-16(19)8-6-14)20-11-9-15(10-12-20)18(2,3)4/h5-8,13,15H,9-12H2,1-4H3. The first-order chi connectivity index (χ1) is 9.79. The van der Waals surface area contributed by atoms with Gasteiger partial charge in [0.15, 0.2) is 5.78 Å². The van der Waals surface area contributed by atoms with Crippen LogP contribution in [0.5, 0.6) is 0 Å². The SMILES string of the molecule is CC(C(=O)c1ccc(Cl)cc1)N1CCC(C(C)(C)C)CC1. The first-order valence-electron chi connectivity index (χ1n) is 7.83. The van der Waals surface area contributed by atoms with E-state index in [0.717, 1.165) is 24.6 Å². The number of likely N-dealkylation sites (tertiary alicyclic amines) is 1. The molecule has 0 amide bonds. The smallest absolute Gasteiger partial charge is 0.179 e. The van der Waals surface area contributed by atoms with Gasteiger partial charge in [0.05, 0.1) is 6.04 Å². The van der Waals surface area contributed by atoms with Crippen LogP contribution in [-0.4, -0.2) is 29.8 Å². The van der Waals surface area contributed by atoms with E-state index in [-0.39, 0.29) is 11.8 Å². The van der Waals surface area contributed by atoms with Crippen LogP contribution in [0.3, 0.4) is 0 Å². The molecule has 1 saturated heterocycles. The zero-order chi connectivity index (χ0) is 15.6. The molecular formula is C18H26ClNO. The number of carbonyl (C=O) groups is 1. The van der Waals surface area contributed by atoms with Crippen molar-refractivity contribution in [2.45, 2.75) is 46.6 Å². The molecule has 0 aliphatic carbocycles. The van der Waals surface area contributed by atoms with E-state index in [1.165, 1.54) is 12.8 Å². The molecule has 0 radical (unpaired) electrons. The summed E-state index contributed by atoms with van der Waals surface area (Å²) in [6, 6.07) is 7.17. The van der Waals surface area contributed by atoms with Crippen molar-refractivity contribution in [2.75, 3.05) is 13.1 Å². The molecule has 21 heavy (non-hydrogen) atoms. The number of rotatable bonds is 3. The largest absolute Gasteiger partial charge is 0.293 e. The van der Waals surface area contributed by atoms with Gasteiger partial charge in [-0.1, -0.05) is 32.4 Å². The first-order valence-corrected chi connectivity index (χ1v) is 8.20. The second-order valence-corrected chi connectivity index (χ2v) is 7.66. The van der Waals surface area contributed by atoms with Crippen molar-refractivity contribution in [2.24, 2.45) is 11.3 Å². The van der Waals surface area contributed by atoms with Crippen molar-refractivity contribution < 1.29 is 4.79 Å². The summed E-state index contributed by atoms with van der Waals surface area (Å²) in [6.07, 6.45) is 2.36. The Morgan fingerprint density at radius 1 is 1.19 bits per heavy atom. The number of ketones is 1. The van der Waals surface area contributed by atoms with Crippen molar-refractivity contribution >= 4 is 17.4 Å². The van der Waals surface area contributed by atoms with Gasteiger partial charge in [0.1, 0.15) is 0 Å². The van der Waals surface area contributed by atoms with Crippen LogP contribution in [0.4, 0.5) is 0 Å². The highest BCUT2D eigenvalue weighted by Crippen LogP contribution is 2.34. The Morgan fingerprint density at radius 2 is 1.71 bits per heavy atom. The Hall–Kier alpha value is -0.860. The molecule has 1 atom stereocenters. The van der Waals surface area contributed by atoms with Gasteiger partial charge in [-0.15, -0.1) is 0 Å². The van der Waals surface area contributed by atoms with Gasteiger partial charge >= 0.3 is 0 Å². The third kappa shape index (κ3) is 4.08. The van der Waals surface area contributed by atoms with Gasteiger partial charge in [0.25, 0.3) is 0 Å². The Kier molecular flexibility index (Phi) is 5.11. The summed E-state index contributed by atoms with van der Waals surface area (Å²) in [5, 5.41) is 0.671. The Bertz CT molecular complexity index is 481. The fourth-order valence-electron chi connectivity index (χ4n) is 3.17. The van der Waals surface area contributed by atoms with Gasteiger partial charge in [-0.3, -0.25) is 9.69 Å². The average molecular weight is 308 g/mol. The predicted octanol–water partition coefficient (Wildman–Crippen LogP) is 4.67. The summed E-state index contributed by atoms with van der Waals surface area (Å²) in [6.45, 7) is 11.0. The van der Waals surface area contributed by atoms with Gasteiger partial charge in [-0.05, 0) is 68.5 Å². The summed E-state index contributed by atoms with van der Waals surface area (Å²) >= 11 is 5.88. The molecule has 2 rings (SSSR count). The molecule has 0 bridgehead atoms. The highest BCUT2D eigenvalue weighted by atomic mass is 35.5. The highest BCUT2D eigenvalue weighted by Gasteiger charge is 2.32. The Labute approximate surface area is 133 Å². The van der Waals surface area contributed by atoms with Crippen LogP contribution in [0.2, 0.25) is 5.02 Å². The molecule has 0 spiro atoms. The van der Waals surface area contributed by atoms with Gasteiger partial charge in [-0.2, -0.15) is 0 Å². The van der Waals surface area contributed by atoms with Crippen LogP contribution in [-0.2, 0) is 0 Å².